The summed E-state index contributed by atoms with van der Waals surface area (Å²) in [5.41, 5.74) is 0.144. The van der Waals surface area contributed by atoms with Crippen LogP contribution in [0.4, 0.5) is 10.1 Å². The summed E-state index contributed by atoms with van der Waals surface area (Å²) in [6.07, 6.45) is 1.30. The lowest BCUT2D eigenvalue weighted by molar-refractivity contribution is -0.384. The average Bonchev–Trinajstić information content (AvgIpc) is 3.03. The van der Waals surface area contributed by atoms with Gasteiger partial charge in [0.15, 0.2) is 0 Å². The van der Waals surface area contributed by atoms with Crippen LogP contribution in [0, 0.1) is 15.9 Å². The summed E-state index contributed by atoms with van der Waals surface area (Å²) in [7, 11) is 0. The van der Waals surface area contributed by atoms with Crippen LogP contribution in [0.2, 0.25) is 0 Å². The van der Waals surface area contributed by atoms with Crippen molar-refractivity contribution in [1.29, 1.82) is 0 Å². The van der Waals surface area contributed by atoms with Crippen LogP contribution in [-0.4, -0.2) is 44.2 Å². The Morgan fingerprint density at radius 3 is 2.21 bits per heavy atom. The lowest BCUT2D eigenvalue weighted by atomic mass is 9.95. The highest BCUT2D eigenvalue weighted by Gasteiger charge is 2.45. The number of hydrogen-bond donors (Lipinski definition) is 2. The zero-order valence-corrected chi connectivity index (χ0v) is 17.4. The van der Waals surface area contributed by atoms with Crippen molar-refractivity contribution in [2.75, 3.05) is 6.54 Å². The largest absolute Gasteiger partial charge is 0.507 e. The topological polar surface area (TPSA) is 138 Å². The van der Waals surface area contributed by atoms with Crippen molar-refractivity contribution < 1.29 is 33.9 Å². The molecule has 1 aliphatic rings. The Balaban J connectivity index is 1.99. The summed E-state index contributed by atoms with van der Waals surface area (Å²) in [5.74, 6) is -3.73. The third kappa shape index (κ3) is 5.22. The highest BCUT2D eigenvalue weighted by Crippen LogP contribution is 2.40. The zero-order valence-electron chi connectivity index (χ0n) is 17.4. The number of rotatable bonds is 9. The van der Waals surface area contributed by atoms with Crippen molar-refractivity contribution in [2.45, 2.75) is 31.7 Å². The number of carboxylic acids is 1. The fourth-order valence-corrected chi connectivity index (χ4v) is 3.73. The number of hydrogen-bond acceptors (Lipinski definition) is 6. The number of aliphatic hydroxyl groups excluding tert-OH is 1. The molecule has 3 rings (SSSR count). The molecular weight excluding hydrogens is 435 g/mol. The van der Waals surface area contributed by atoms with E-state index in [0.29, 0.717) is 24.8 Å². The van der Waals surface area contributed by atoms with Gasteiger partial charge in [0.25, 0.3) is 17.4 Å². The average molecular weight is 456 g/mol. The predicted octanol–water partition coefficient (Wildman–Crippen LogP) is 3.80. The number of aliphatic hydroxyl groups is 1. The lowest BCUT2D eigenvalue weighted by Gasteiger charge is -2.25. The molecule has 9 nitrogen and oxygen atoms in total. The number of ketones is 1. The fourth-order valence-electron chi connectivity index (χ4n) is 3.73. The molecule has 172 valence electrons. The monoisotopic (exact) mass is 456 g/mol. The molecule has 0 spiro atoms. The van der Waals surface area contributed by atoms with Crippen molar-refractivity contribution in [3.05, 3.63) is 81.2 Å². The molecular formula is C23H21FN2O7. The number of carboxylic acid groups (broad SMARTS) is 1. The smallest absolute Gasteiger partial charge is 0.303 e. The normalized spacial score (nSPS) is 17.4. The van der Waals surface area contributed by atoms with E-state index >= 15 is 0 Å². The van der Waals surface area contributed by atoms with Crippen LogP contribution in [-0.2, 0) is 14.4 Å². The maximum atomic E-state index is 13.3. The molecule has 1 heterocycles. The highest BCUT2D eigenvalue weighted by molar-refractivity contribution is 6.46. The van der Waals surface area contributed by atoms with E-state index in [9.17, 15) is 34.0 Å². The first-order valence-electron chi connectivity index (χ1n) is 10.2. The molecule has 0 radical (unpaired) electrons. The molecule has 33 heavy (non-hydrogen) atoms. The molecule has 2 aromatic carbocycles. The number of nitro benzene ring substituents is 1. The molecule has 1 saturated heterocycles. The van der Waals surface area contributed by atoms with Gasteiger partial charge in [0.1, 0.15) is 11.6 Å². The number of nitro groups is 1. The number of likely N-dealkylation sites (tertiary alicyclic amines) is 1. The maximum Gasteiger partial charge on any atom is 0.303 e. The van der Waals surface area contributed by atoms with Crippen molar-refractivity contribution in [2.24, 2.45) is 0 Å². The summed E-state index contributed by atoms with van der Waals surface area (Å²) < 4.78 is 13.3. The van der Waals surface area contributed by atoms with Gasteiger partial charge in [0, 0.05) is 30.7 Å². The molecule has 0 saturated carbocycles. The minimum Gasteiger partial charge on any atom is -0.507 e. The Morgan fingerprint density at radius 2 is 1.64 bits per heavy atom. The first-order valence-corrected chi connectivity index (χ1v) is 10.2. The van der Waals surface area contributed by atoms with Gasteiger partial charge in [-0.1, -0.05) is 6.42 Å². The second kappa shape index (κ2) is 10.0. The summed E-state index contributed by atoms with van der Waals surface area (Å²) in [6.45, 7) is 0.117. The molecule has 1 fully saturated rings. The van der Waals surface area contributed by atoms with Crippen LogP contribution in [0.3, 0.4) is 0 Å². The van der Waals surface area contributed by atoms with E-state index in [1.165, 1.54) is 41.3 Å². The van der Waals surface area contributed by atoms with E-state index in [1.54, 1.807) is 0 Å². The highest BCUT2D eigenvalue weighted by atomic mass is 19.1. The SMILES string of the molecule is O=C(O)CCCCCN1C(=O)C(=O)C(=C(O)c2ccc(F)cc2)[C@H]1c1ccc([N+](=O)[O-])cc1. The van der Waals surface area contributed by atoms with E-state index in [0.717, 1.165) is 12.1 Å². The second-order valence-corrected chi connectivity index (χ2v) is 7.55. The van der Waals surface area contributed by atoms with Gasteiger partial charge in [-0.25, -0.2) is 4.39 Å². The van der Waals surface area contributed by atoms with Crippen molar-refractivity contribution in [3.63, 3.8) is 0 Å². The molecule has 1 atom stereocenters. The van der Waals surface area contributed by atoms with E-state index in [1.807, 2.05) is 0 Å². The molecule has 2 aromatic rings. The standard InChI is InChI=1S/C23H21FN2O7/c24-16-9-5-15(6-10-16)21(29)19-20(14-7-11-17(12-8-14)26(32)33)25(23(31)22(19)30)13-3-1-2-4-18(27)28/h5-12,20,29H,1-4,13H2,(H,27,28)/t20-/m1/s1. The number of nitrogens with zero attached hydrogens (tertiary/aromatic N) is 2. The second-order valence-electron chi connectivity index (χ2n) is 7.55. The summed E-state index contributed by atoms with van der Waals surface area (Å²) >= 11 is 0. The number of benzene rings is 2. The van der Waals surface area contributed by atoms with Crippen LogP contribution in [0.15, 0.2) is 54.1 Å². The van der Waals surface area contributed by atoms with Gasteiger partial charge < -0.3 is 15.1 Å². The number of amides is 1. The molecule has 0 bridgehead atoms. The third-order valence-corrected chi connectivity index (χ3v) is 5.37. The van der Waals surface area contributed by atoms with Crippen molar-refractivity contribution in [3.8, 4) is 0 Å². The number of carbonyl (C=O) groups excluding carboxylic acids is 2. The number of non-ortho nitro benzene ring substituents is 1. The molecule has 1 aliphatic heterocycles. The van der Waals surface area contributed by atoms with Gasteiger partial charge in [-0.2, -0.15) is 0 Å². The molecule has 0 aromatic heterocycles. The van der Waals surface area contributed by atoms with Crippen molar-refractivity contribution in [1.82, 2.24) is 4.90 Å². The van der Waals surface area contributed by atoms with Crippen LogP contribution in [0.25, 0.3) is 5.76 Å². The van der Waals surface area contributed by atoms with Crippen molar-refractivity contribution >= 4 is 29.1 Å². The first-order chi connectivity index (χ1) is 15.7. The van der Waals surface area contributed by atoms with Gasteiger partial charge in [-0.3, -0.25) is 24.5 Å². The first kappa shape index (κ1) is 23.6. The van der Waals surface area contributed by atoms with Crippen LogP contribution >= 0.6 is 0 Å². The Kier molecular flexibility index (Phi) is 7.17. The quantitative estimate of drug-likeness (QED) is 0.146. The lowest BCUT2D eigenvalue weighted by Crippen LogP contribution is -2.30. The number of halogens is 1. The summed E-state index contributed by atoms with van der Waals surface area (Å²) in [6, 6.07) is 9.04. The predicted molar refractivity (Wildman–Crippen MR) is 115 cm³/mol. The molecule has 0 unspecified atom stereocenters. The zero-order chi connectivity index (χ0) is 24.1. The number of unbranched alkanes of at least 4 members (excludes halogenated alkanes) is 2. The van der Waals surface area contributed by atoms with Crippen LogP contribution in [0.1, 0.15) is 42.9 Å². The van der Waals surface area contributed by atoms with Gasteiger partial charge in [-0.05, 0) is 54.8 Å². The van der Waals surface area contributed by atoms with Gasteiger partial charge in [0.05, 0.1) is 16.5 Å². The number of Topliss-reactive ketones (excluding diaryl/α,β-unsaturated/α-hetero) is 1. The Morgan fingerprint density at radius 1 is 1.00 bits per heavy atom. The number of carbonyl (C=O) groups is 3. The molecule has 0 aliphatic carbocycles. The van der Waals surface area contributed by atoms with Gasteiger partial charge in [-0.15, -0.1) is 0 Å². The van der Waals surface area contributed by atoms with E-state index < -0.39 is 40.2 Å². The third-order valence-electron chi connectivity index (χ3n) is 5.37. The minimum atomic E-state index is -1.00. The van der Waals surface area contributed by atoms with E-state index in [2.05, 4.69) is 0 Å². The Labute approximate surface area is 187 Å². The molecule has 1 amide bonds. The fraction of sp³-hybridized carbons (Fsp3) is 0.261. The maximum absolute atomic E-state index is 13.3. The Bertz CT molecular complexity index is 1110. The van der Waals surface area contributed by atoms with Gasteiger partial charge >= 0.3 is 5.97 Å². The minimum absolute atomic E-state index is 0.0187. The Hall–Kier alpha value is -4.08. The van der Waals surface area contributed by atoms with Crippen LogP contribution < -0.4 is 0 Å². The van der Waals surface area contributed by atoms with Gasteiger partial charge in [0.2, 0.25) is 0 Å². The van der Waals surface area contributed by atoms with E-state index in [-0.39, 0.29) is 29.8 Å². The van der Waals surface area contributed by atoms with Crippen LogP contribution in [0.5, 0.6) is 0 Å². The summed E-state index contributed by atoms with van der Waals surface area (Å²) in [5, 5.41) is 30.6. The summed E-state index contributed by atoms with van der Waals surface area (Å²) in [4.78, 5) is 48.0. The number of aliphatic carboxylic acids is 1. The molecule has 2 N–H and O–H groups in total. The van der Waals surface area contributed by atoms with E-state index in [4.69, 9.17) is 5.11 Å². The molecule has 10 heteroatoms.